The molecule has 0 aromatic heterocycles. The highest BCUT2D eigenvalue weighted by atomic mass is 32.2. The Bertz CT molecular complexity index is 677. The van der Waals surface area contributed by atoms with Crippen LogP contribution in [-0.2, 0) is 10.0 Å². The molecule has 4 rings (SSSR count). The molecule has 0 spiro atoms. The van der Waals surface area contributed by atoms with Gasteiger partial charge in [-0.15, -0.1) is 6.58 Å². The van der Waals surface area contributed by atoms with Crippen LogP contribution in [0.2, 0.25) is 0 Å². The lowest BCUT2D eigenvalue weighted by molar-refractivity contribution is -0.00640. The molecule has 5 nitrogen and oxygen atoms in total. The van der Waals surface area contributed by atoms with E-state index >= 15 is 0 Å². The second-order valence-electron chi connectivity index (χ2n) is 7.37. The highest BCUT2D eigenvalue weighted by Crippen LogP contribution is 2.36. The minimum Gasteiger partial charge on any atom is -0.302 e. The molecule has 0 amide bonds. The van der Waals surface area contributed by atoms with Crippen LogP contribution in [0.15, 0.2) is 47.9 Å². The third-order valence-corrected chi connectivity index (χ3v) is 7.00. The number of nitrogens with one attached hydrogen (secondary N) is 1. The fourth-order valence-electron chi connectivity index (χ4n) is 4.25. The largest absolute Gasteiger partial charge is 0.302 e. The Morgan fingerprint density at radius 3 is 2.76 bits per heavy atom. The molecular formula is C19H29N3O2S. The van der Waals surface area contributed by atoms with Crippen LogP contribution in [0.25, 0.3) is 0 Å². The summed E-state index contributed by atoms with van der Waals surface area (Å²) >= 11 is 0. The van der Waals surface area contributed by atoms with E-state index in [4.69, 9.17) is 0 Å². The number of hydrogen-bond acceptors (Lipinski definition) is 4. The van der Waals surface area contributed by atoms with Gasteiger partial charge in [0.25, 0.3) is 0 Å². The van der Waals surface area contributed by atoms with Crippen LogP contribution in [0, 0.1) is 11.8 Å². The van der Waals surface area contributed by atoms with E-state index in [1.54, 1.807) is 24.3 Å². The van der Waals surface area contributed by atoms with Crippen molar-refractivity contribution < 1.29 is 8.42 Å². The van der Waals surface area contributed by atoms with Gasteiger partial charge in [0.05, 0.1) is 4.90 Å². The second-order valence-corrected chi connectivity index (χ2v) is 9.14. The molecule has 6 heteroatoms. The van der Waals surface area contributed by atoms with Crippen molar-refractivity contribution >= 4 is 10.0 Å². The summed E-state index contributed by atoms with van der Waals surface area (Å²) in [7, 11) is -1.27. The lowest BCUT2D eigenvalue weighted by atomic mass is 9.75. The zero-order valence-electron chi connectivity index (χ0n) is 15.0. The molecule has 138 valence electrons. The van der Waals surface area contributed by atoms with Crippen molar-refractivity contribution in [3.8, 4) is 0 Å². The van der Waals surface area contributed by atoms with Crippen LogP contribution in [0.4, 0.5) is 0 Å². The number of fused-ring (bicyclic) bond motifs is 3. The van der Waals surface area contributed by atoms with E-state index in [0.29, 0.717) is 29.3 Å². The molecule has 4 atom stereocenters. The van der Waals surface area contributed by atoms with Crippen LogP contribution in [-0.4, -0.2) is 64.0 Å². The molecule has 1 N–H and O–H groups in total. The topological polar surface area (TPSA) is 52.6 Å². The van der Waals surface area contributed by atoms with Crippen molar-refractivity contribution in [1.82, 2.24) is 14.5 Å². The highest BCUT2D eigenvalue weighted by Gasteiger charge is 2.40. The molecule has 3 aliphatic rings. The maximum atomic E-state index is 12.4. The minimum absolute atomic E-state index is 0.318. The quantitative estimate of drug-likeness (QED) is 0.716. The lowest BCUT2D eigenvalue weighted by Gasteiger charge is -2.50. The zero-order chi connectivity index (χ0) is 17.9. The maximum absolute atomic E-state index is 12.4. The number of rotatable bonds is 8. The van der Waals surface area contributed by atoms with Crippen LogP contribution in [0.5, 0.6) is 0 Å². The number of sulfonamides is 1. The van der Waals surface area contributed by atoms with E-state index in [0.717, 1.165) is 32.6 Å². The van der Waals surface area contributed by atoms with E-state index in [9.17, 15) is 8.42 Å². The van der Waals surface area contributed by atoms with Crippen molar-refractivity contribution in [3.63, 3.8) is 0 Å². The molecule has 3 aliphatic heterocycles. The van der Waals surface area contributed by atoms with Crippen molar-refractivity contribution in [1.29, 1.82) is 0 Å². The van der Waals surface area contributed by atoms with Crippen LogP contribution >= 0.6 is 0 Å². The second kappa shape index (κ2) is 7.99. The first kappa shape index (κ1) is 18.6. The third kappa shape index (κ3) is 4.50. The molecular weight excluding hydrogens is 334 g/mol. The summed E-state index contributed by atoms with van der Waals surface area (Å²) in [4.78, 5) is 5.14. The first-order valence-electron chi connectivity index (χ1n) is 9.08. The third-order valence-electron chi connectivity index (χ3n) is 5.56. The van der Waals surface area contributed by atoms with Gasteiger partial charge in [0, 0.05) is 32.2 Å². The van der Waals surface area contributed by atoms with Gasteiger partial charge in [0.15, 0.2) is 0 Å². The van der Waals surface area contributed by atoms with Gasteiger partial charge in [-0.3, -0.25) is 4.90 Å². The summed E-state index contributed by atoms with van der Waals surface area (Å²) in [5.74, 6) is 1.38. The van der Waals surface area contributed by atoms with Gasteiger partial charge < -0.3 is 4.90 Å². The molecule has 0 radical (unpaired) electrons. The Labute approximate surface area is 151 Å². The average Bonchev–Trinajstić information content (AvgIpc) is 2.62. The maximum Gasteiger partial charge on any atom is 0.240 e. The van der Waals surface area contributed by atoms with Gasteiger partial charge in [0.1, 0.15) is 0 Å². The Morgan fingerprint density at radius 2 is 2.12 bits per heavy atom. The van der Waals surface area contributed by atoms with Gasteiger partial charge in [-0.1, -0.05) is 24.3 Å². The summed E-state index contributed by atoms with van der Waals surface area (Å²) in [6, 6.07) is 8.94. The fraction of sp³-hybridized carbons (Fsp3) is 0.579. The molecule has 1 unspecified atom stereocenters. The predicted molar refractivity (Wildman–Crippen MR) is 101 cm³/mol. The molecule has 25 heavy (non-hydrogen) atoms. The number of hydrogen-bond donors (Lipinski definition) is 1. The summed E-state index contributed by atoms with van der Waals surface area (Å²) in [6.45, 7) is 8.49. The fourth-order valence-corrected chi connectivity index (χ4v) is 5.35. The smallest absolute Gasteiger partial charge is 0.240 e. The van der Waals surface area contributed by atoms with Crippen molar-refractivity contribution in [2.45, 2.75) is 23.8 Å². The molecule has 1 aromatic rings. The van der Waals surface area contributed by atoms with Crippen LogP contribution in [0.1, 0.15) is 12.8 Å². The minimum atomic E-state index is -3.41. The molecule has 0 saturated carbocycles. The van der Waals surface area contributed by atoms with Gasteiger partial charge in [0.2, 0.25) is 10.0 Å². The van der Waals surface area contributed by atoms with E-state index in [2.05, 4.69) is 28.1 Å². The van der Waals surface area contributed by atoms with Crippen LogP contribution < -0.4 is 4.72 Å². The highest BCUT2D eigenvalue weighted by molar-refractivity contribution is 7.89. The summed E-state index contributed by atoms with van der Waals surface area (Å²) in [5.41, 5.74) is 0. The van der Waals surface area contributed by atoms with Gasteiger partial charge in [-0.2, -0.15) is 0 Å². The Hall–Kier alpha value is -1.21. The van der Waals surface area contributed by atoms with E-state index in [1.807, 2.05) is 12.1 Å². The van der Waals surface area contributed by atoms with Crippen molar-refractivity contribution in [3.05, 3.63) is 43.0 Å². The van der Waals surface area contributed by atoms with Crippen LogP contribution in [0.3, 0.4) is 0 Å². The van der Waals surface area contributed by atoms with Crippen molar-refractivity contribution in [2.24, 2.45) is 11.8 Å². The first-order valence-corrected chi connectivity index (χ1v) is 10.6. The molecule has 2 bridgehead atoms. The Morgan fingerprint density at radius 1 is 1.36 bits per heavy atom. The summed E-state index contributed by atoms with van der Waals surface area (Å²) in [5, 5.41) is 0. The SMILES string of the molecule is C=CCN(C)C[C@@H]1CN2CC[C@H]1C[C@@H]2CNS(=O)(=O)c1ccccc1. The zero-order valence-corrected chi connectivity index (χ0v) is 15.8. The van der Waals surface area contributed by atoms with E-state index in [1.165, 1.54) is 6.42 Å². The monoisotopic (exact) mass is 363 g/mol. The van der Waals surface area contributed by atoms with Gasteiger partial charge in [-0.05, 0) is 50.4 Å². The molecule has 0 aliphatic carbocycles. The standard InChI is InChI=1S/C19H29N3O2S/c1-3-10-21(2)14-17-15-22-11-9-16(17)12-18(22)13-20-25(23,24)19-7-5-4-6-8-19/h3-8,16-18,20H,1,9-15H2,2H3/t16-,17+,18+/m0/s1. The number of benzene rings is 1. The Kier molecular flexibility index (Phi) is 5.94. The normalized spacial score (nSPS) is 29.0. The number of likely N-dealkylation sites (N-methyl/N-ethyl adjacent to an activating group) is 1. The lowest BCUT2D eigenvalue weighted by Crippen LogP contribution is -2.58. The number of nitrogens with zero attached hydrogens (tertiary/aromatic N) is 2. The molecule has 3 saturated heterocycles. The summed E-state index contributed by atoms with van der Waals surface area (Å²) in [6.07, 6.45) is 4.26. The van der Waals surface area contributed by atoms with Gasteiger partial charge >= 0.3 is 0 Å². The van der Waals surface area contributed by atoms with Gasteiger partial charge in [-0.25, -0.2) is 13.1 Å². The van der Waals surface area contributed by atoms with Crippen molar-refractivity contribution in [2.75, 3.05) is 39.8 Å². The average molecular weight is 364 g/mol. The van der Waals surface area contributed by atoms with E-state index < -0.39 is 10.0 Å². The Balaban J connectivity index is 1.55. The van der Waals surface area contributed by atoms with E-state index in [-0.39, 0.29) is 0 Å². The first-order chi connectivity index (χ1) is 12.0. The molecule has 3 fully saturated rings. The summed E-state index contributed by atoms with van der Waals surface area (Å²) < 4.78 is 27.6. The molecule has 1 aromatic carbocycles. The predicted octanol–water partition coefficient (Wildman–Crippen LogP) is 1.79. The molecule has 3 heterocycles. The number of piperidine rings is 3.